The van der Waals surface area contributed by atoms with Crippen LogP contribution in [0.2, 0.25) is 0 Å². The quantitative estimate of drug-likeness (QED) is 0.531. The number of aromatic nitrogens is 1. The Morgan fingerprint density at radius 3 is 2.72 bits per heavy atom. The predicted molar refractivity (Wildman–Crippen MR) is 118 cm³/mol. The highest BCUT2D eigenvalue weighted by Gasteiger charge is 2.15. The zero-order valence-corrected chi connectivity index (χ0v) is 17.1. The van der Waals surface area contributed by atoms with Crippen molar-refractivity contribution in [2.45, 2.75) is 45.6 Å². The highest BCUT2D eigenvalue weighted by atomic mass is 16.1. The molecule has 0 aliphatic heterocycles. The minimum atomic E-state index is -0.108. The van der Waals surface area contributed by atoms with Gasteiger partial charge in [0, 0.05) is 47.0 Å². The van der Waals surface area contributed by atoms with Crippen molar-refractivity contribution in [1.82, 2.24) is 15.6 Å². The van der Waals surface area contributed by atoms with E-state index in [4.69, 9.17) is 5.41 Å². The molecule has 2 aromatic rings. The molecule has 0 bridgehead atoms. The van der Waals surface area contributed by atoms with E-state index in [9.17, 15) is 4.79 Å². The second kappa shape index (κ2) is 11.5. The van der Waals surface area contributed by atoms with Gasteiger partial charge in [0.2, 0.25) is 0 Å². The highest BCUT2D eigenvalue weighted by Crippen LogP contribution is 2.18. The Bertz CT molecular complexity index is 905. The fourth-order valence-corrected chi connectivity index (χ4v) is 2.71. The Labute approximate surface area is 173 Å². The summed E-state index contributed by atoms with van der Waals surface area (Å²) < 4.78 is 0. The van der Waals surface area contributed by atoms with Crippen LogP contribution >= 0.6 is 0 Å². The van der Waals surface area contributed by atoms with Crippen LogP contribution < -0.4 is 10.6 Å². The molecule has 0 atom stereocenters. The first kappa shape index (κ1) is 21.9. The van der Waals surface area contributed by atoms with Crippen LogP contribution in [0, 0.1) is 24.2 Å². The summed E-state index contributed by atoms with van der Waals surface area (Å²) in [6.45, 7) is 6.53. The van der Waals surface area contributed by atoms with E-state index < -0.39 is 0 Å². The molecule has 5 heteroatoms. The minimum Gasteiger partial charge on any atom is -0.387 e. The Morgan fingerprint density at radius 2 is 2.10 bits per heavy atom. The van der Waals surface area contributed by atoms with E-state index in [-0.39, 0.29) is 5.91 Å². The van der Waals surface area contributed by atoms with Gasteiger partial charge in [-0.15, -0.1) is 0 Å². The van der Waals surface area contributed by atoms with Crippen molar-refractivity contribution in [3.8, 4) is 11.8 Å². The van der Waals surface area contributed by atoms with Gasteiger partial charge in [-0.25, -0.2) is 0 Å². The summed E-state index contributed by atoms with van der Waals surface area (Å²) >= 11 is 0. The molecule has 150 valence electrons. The Balaban J connectivity index is 0.00000145. The lowest BCUT2D eigenvalue weighted by Crippen LogP contribution is -2.33. The van der Waals surface area contributed by atoms with Crippen molar-refractivity contribution in [1.29, 1.82) is 5.41 Å². The minimum absolute atomic E-state index is 0.108. The summed E-state index contributed by atoms with van der Waals surface area (Å²) in [6.07, 6.45) is 9.86. The van der Waals surface area contributed by atoms with Gasteiger partial charge in [-0.3, -0.25) is 9.78 Å². The standard InChI is InChI=1S/C23H25N3O.CH3N/c1-3-21(16-25-22-7-4-8-22)26-23(27)20-11-9-17(2)19(14-20)12-10-18-6-5-13-24-15-18;1-2/h5-6,9,11,13-16,22,25H,3-4,7-8H2,1-2H3,(H,26,27);2H,1H2/b21-16+;. The van der Waals surface area contributed by atoms with Gasteiger partial charge in [0.25, 0.3) is 5.91 Å². The number of aryl methyl sites for hydroxylation is 1. The van der Waals surface area contributed by atoms with Gasteiger partial charge in [0.05, 0.1) is 0 Å². The van der Waals surface area contributed by atoms with Crippen molar-refractivity contribution in [3.05, 3.63) is 76.9 Å². The molecular weight excluding hydrogens is 360 g/mol. The van der Waals surface area contributed by atoms with Gasteiger partial charge in [0.1, 0.15) is 0 Å². The molecule has 0 saturated heterocycles. The van der Waals surface area contributed by atoms with Crippen LogP contribution in [0.25, 0.3) is 0 Å². The number of pyridine rings is 1. The van der Waals surface area contributed by atoms with Crippen LogP contribution in [-0.2, 0) is 0 Å². The Hall–Kier alpha value is -3.39. The molecule has 1 amide bonds. The lowest BCUT2D eigenvalue weighted by atomic mass is 9.93. The van der Waals surface area contributed by atoms with Crippen molar-refractivity contribution >= 4 is 12.6 Å². The average Bonchev–Trinajstić information content (AvgIpc) is 2.73. The number of hydrogen-bond donors (Lipinski definition) is 3. The van der Waals surface area contributed by atoms with E-state index in [1.54, 1.807) is 12.4 Å². The summed E-state index contributed by atoms with van der Waals surface area (Å²) in [6, 6.07) is 9.95. The molecule has 1 aliphatic rings. The summed E-state index contributed by atoms with van der Waals surface area (Å²) in [5, 5.41) is 11.9. The first-order chi connectivity index (χ1) is 14.2. The first-order valence-corrected chi connectivity index (χ1v) is 9.80. The predicted octanol–water partition coefficient (Wildman–Crippen LogP) is 4.18. The number of carbonyl (C=O) groups excluding carboxylic acids is 1. The molecule has 3 rings (SSSR count). The van der Waals surface area contributed by atoms with Crippen LogP contribution in [0.4, 0.5) is 0 Å². The van der Waals surface area contributed by atoms with Crippen molar-refractivity contribution < 1.29 is 4.79 Å². The lowest BCUT2D eigenvalue weighted by Gasteiger charge is -2.26. The second-order valence-electron chi connectivity index (χ2n) is 6.79. The van der Waals surface area contributed by atoms with Crippen molar-refractivity contribution in [2.75, 3.05) is 0 Å². The van der Waals surface area contributed by atoms with E-state index in [1.165, 1.54) is 19.3 Å². The van der Waals surface area contributed by atoms with Crippen LogP contribution in [0.15, 0.2) is 54.6 Å². The zero-order valence-electron chi connectivity index (χ0n) is 17.1. The molecular formula is C24H28N4O. The van der Waals surface area contributed by atoms with E-state index in [0.29, 0.717) is 11.6 Å². The number of amides is 1. The first-order valence-electron chi connectivity index (χ1n) is 9.80. The normalized spacial score (nSPS) is 13.1. The van der Waals surface area contributed by atoms with Gasteiger partial charge in [0.15, 0.2) is 0 Å². The van der Waals surface area contributed by atoms with Crippen LogP contribution in [0.1, 0.15) is 59.7 Å². The van der Waals surface area contributed by atoms with E-state index >= 15 is 0 Å². The Morgan fingerprint density at radius 1 is 1.31 bits per heavy atom. The molecule has 1 saturated carbocycles. The Kier molecular flexibility index (Phi) is 8.65. The highest BCUT2D eigenvalue weighted by molar-refractivity contribution is 5.95. The molecule has 5 nitrogen and oxygen atoms in total. The summed E-state index contributed by atoms with van der Waals surface area (Å²) in [5.74, 6) is 6.14. The maximum atomic E-state index is 12.6. The van der Waals surface area contributed by atoms with Crippen LogP contribution in [-0.4, -0.2) is 23.7 Å². The second-order valence-corrected chi connectivity index (χ2v) is 6.79. The topological polar surface area (TPSA) is 77.9 Å². The van der Waals surface area contributed by atoms with Gasteiger partial charge < -0.3 is 16.0 Å². The number of rotatable bonds is 5. The third-order valence-electron chi connectivity index (χ3n) is 4.76. The van der Waals surface area contributed by atoms with Crippen LogP contribution in [0.5, 0.6) is 0 Å². The third-order valence-corrected chi connectivity index (χ3v) is 4.76. The van der Waals surface area contributed by atoms with E-state index in [0.717, 1.165) is 28.8 Å². The smallest absolute Gasteiger partial charge is 0.255 e. The van der Waals surface area contributed by atoms with Crippen molar-refractivity contribution in [3.63, 3.8) is 0 Å². The molecule has 29 heavy (non-hydrogen) atoms. The molecule has 1 aliphatic carbocycles. The van der Waals surface area contributed by atoms with E-state index in [2.05, 4.69) is 34.2 Å². The number of carbonyl (C=O) groups is 1. The maximum absolute atomic E-state index is 12.6. The fourth-order valence-electron chi connectivity index (χ4n) is 2.71. The number of nitrogens with zero attached hydrogens (tertiary/aromatic N) is 1. The lowest BCUT2D eigenvalue weighted by molar-refractivity contribution is 0.0964. The fraction of sp³-hybridized carbons (Fsp3) is 0.292. The van der Waals surface area contributed by atoms with Gasteiger partial charge in [-0.05, 0) is 69.2 Å². The zero-order chi connectivity index (χ0) is 21.1. The number of hydrogen-bond acceptors (Lipinski definition) is 4. The number of benzene rings is 1. The summed E-state index contributed by atoms with van der Waals surface area (Å²) in [4.78, 5) is 16.7. The largest absolute Gasteiger partial charge is 0.387 e. The average molecular weight is 389 g/mol. The number of nitrogens with one attached hydrogen (secondary N) is 3. The van der Waals surface area contributed by atoms with E-state index in [1.807, 2.05) is 50.4 Å². The molecule has 1 aromatic heterocycles. The monoisotopic (exact) mass is 388 g/mol. The molecule has 1 aromatic carbocycles. The summed E-state index contributed by atoms with van der Waals surface area (Å²) in [7, 11) is 0. The maximum Gasteiger partial charge on any atom is 0.255 e. The molecule has 0 spiro atoms. The molecule has 0 radical (unpaired) electrons. The third kappa shape index (κ3) is 6.62. The molecule has 0 unspecified atom stereocenters. The SMILES string of the molecule is C=N.CC/C(=C\NC1CCC1)NC(=O)c1ccc(C)c(C#Cc2cccnc2)c1. The number of allylic oxidation sites excluding steroid dienone is 1. The van der Waals surface area contributed by atoms with Crippen molar-refractivity contribution in [2.24, 2.45) is 0 Å². The van der Waals surface area contributed by atoms with Gasteiger partial charge in [-0.2, -0.15) is 0 Å². The van der Waals surface area contributed by atoms with Gasteiger partial charge >= 0.3 is 0 Å². The molecule has 1 fully saturated rings. The van der Waals surface area contributed by atoms with Gasteiger partial charge in [-0.1, -0.05) is 24.8 Å². The molecule has 1 heterocycles. The summed E-state index contributed by atoms with van der Waals surface area (Å²) in [5.41, 5.74) is 4.25. The molecule has 3 N–H and O–H groups in total. The van der Waals surface area contributed by atoms with Crippen LogP contribution in [0.3, 0.4) is 0 Å².